The number of hydrogen-bond donors (Lipinski definition) is 2. The van der Waals surface area contributed by atoms with Gasteiger partial charge in [0, 0.05) is 67.6 Å². The summed E-state index contributed by atoms with van der Waals surface area (Å²) in [5.74, 6) is -0.418. The van der Waals surface area contributed by atoms with Crippen LogP contribution in [0.4, 0.5) is 0 Å². The van der Waals surface area contributed by atoms with Crippen LogP contribution in [-0.4, -0.2) is 75.3 Å². The fraction of sp³-hybridized carbons (Fsp3) is 0.385. The molecule has 2 aromatic carbocycles. The lowest BCUT2D eigenvalue weighted by Gasteiger charge is -2.48. The Morgan fingerprint density at radius 2 is 1.84 bits per heavy atom. The Hall–Kier alpha value is -4.69. The summed E-state index contributed by atoms with van der Waals surface area (Å²) in [6.45, 7) is 9.46. The molecule has 2 heterocycles. The van der Waals surface area contributed by atoms with Crippen LogP contribution < -0.4 is 9.47 Å². The Bertz CT molecular complexity index is 1820. The van der Waals surface area contributed by atoms with Crippen LogP contribution >= 0.6 is 11.6 Å². The number of β-amino-alcohol motifs (C(OH)–C–C–N with tert-alkyl or cyclic N) is 1. The van der Waals surface area contributed by atoms with Crippen LogP contribution in [0.3, 0.4) is 0 Å². The van der Waals surface area contributed by atoms with E-state index in [1.807, 2.05) is 67.3 Å². The number of likely N-dealkylation sites (tertiary alicyclic amines) is 1. The summed E-state index contributed by atoms with van der Waals surface area (Å²) in [6, 6.07) is 16.2. The topological polar surface area (TPSA) is 136 Å². The number of allylic oxidation sites excluding steroid dienone is 3. The lowest BCUT2D eigenvalue weighted by molar-refractivity contribution is -0.145. The van der Waals surface area contributed by atoms with Gasteiger partial charge in [-0.1, -0.05) is 74.0 Å². The Balaban J connectivity index is 1.52. The van der Waals surface area contributed by atoms with Crippen LogP contribution in [-0.2, 0) is 22.7 Å². The summed E-state index contributed by atoms with van der Waals surface area (Å²) in [5, 5.41) is 29.7. The van der Waals surface area contributed by atoms with E-state index >= 15 is 0 Å². The highest BCUT2D eigenvalue weighted by molar-refractivity contribution is 6.32. The van der Waals surface area contributed by atoms with Gasteiger partial charge in [0.15, 0.2) is 0 Å². The SMILES string of the molecule is CCN(CC)C(=O)C1(COc2cc(OCc3cncc(C#N)c3)c(CN3C[C@H](O)C[C@H]3C(=O)O)cc2Cl)C=CC=C(c2ccccc2)C1(C)C. The van der Waals surface area contributed by atoms with Gasteiger partial charge in [-0.15, -0.1) is 0 Å². The number of aliphatic hydroxyl groups excluding tert-OH is 1. The van der Waals surface area contributed by atoms with Gasteiger partial charge in [-0.05, 0) is 37.1 Å². The first-order chi connectivity index (χ1) is 23.9. The number of pyridine rings is 1. The average molecular weight is 699 g/mol. The summed E-state index contributed by atoms with van der Waals surface area (Å²) in [6.07, 6.45) is 8.29. The minimum absolute atomic E-state index is 0.0257. The molecule has 2 aliphatic rings. The third kappa shape index (κ3) is 7.41. The number of aromatic nitrogens is 1. The maximum absolute atomic E-state index is 14.5. The fourth-order valence-electron chi connectivity index (χ4n) is 6.92. The average Bonchev–Trinajstić information content (AvgIpc) is 3.48. The molecule has 11 heteroatoms. The van der Waals surface area contributed by atoms with Crippen LogP contribution in [0.15, 0.2) is 79.2 Å². The molecular weight excluding hydrogens is 656 g/mol. The first-order valence-electron chi connectivity index (χ1n) is 16.8. The molecule has 0 bridgehead atoms. The number of hydrogen-bond acceptors (Lipinski definition) is 8. The van der Waals surface area contributed by atoms with E-state index in [0.717, 1.165) is 11.1 Å². The van der Waals surface area contributed by atoms with E-state index in [2.05, 4.69) is 24.9 Å². The van der Waals surface area contributed by atoms with E-state index in [1.165, 1.54) is 6.20 Å². The van der Waals surface area contributed by atoms with Crippen LogP contribution in [0.25, 0.3) is 5.57 Å². The van der Waals surface area contributed by atoms with Gasteiger partial charge in [0.2, 0.25) is 5.91 Å². The van der Waals surface area contributed by atoms with E-state index in [9.17, 15) is 25.1 Å². The van der Waals surface area contributed by atoms with Gasteiger partial charge in [-0.3, -0.25) is 19.5 Å². The Labute approximate surface area is 298 Å². The van der Waals surface area contributed by atoms with E-state index in [4.69, 9.17) is 21.1 Å². The van der Waals surface area contributed by atoms with E-state index in [1.54, 1.807) is 29.3 Å². The van der Waals surface area contributed by atoms with Crippen molar-refractivity contribution in [2.75, 3.05) is 26.2 Å². The first-order valence-corrected chi connectivity index (χ1v) is 17.1. The zero-order valence-electron chi connectivity index (χ0n) is 28.8. The molecule has 0 radical (unpaired) electrons. The van der Waals surface area contributed by atoms with Crippen molar-refractivity contribution >= 4 is 29.1 Å². The molecule has 1 amide bonds. The lowest BCUT2D eigenvalue weighted by Crippen LogP contribution is -2.55. The van der Waals surface area contributed by atoms with Gasteiger partial charge in [-0.25, -0.2) is 0 Å². The highest BCUT2D eigenvalue weighted by atomic mass is 35.5. The highest BCUT2D eigenvalue weighted by Gasteiger charge is 2.54. The van der Waals surface area contributed by atoms with Crippen molar-refractivity contribution < 1.29 is 29.3 Å². The smallest absolute Gasteiger partial charge is 0.321 e. The zero-order chi connectivity index (χ0) is 36.1. The number of nitrogens with zero attached hydrogens (tertiary/aromatic N) is 4. The molecule has 5 rings (SSSR count). The van der Waals surface area contributed by atoms with Gasteiger partial charge < -0.3 is 24.6 Å². The summed E-state index contributed by atoms with van der Waals surface area (Å²) in [7, 11) is 0. The van der Waals surface area contributed by atoms with E-state index in [-0.39, 0.29) is 49.4 Å². The standard InChI is InChI=1S/C39H43ClN4O6/c1-5-43(6-2)37(48)39(14-10-13-31(38(39,3)4)28-11-8-7-9-12-28)25-50-35-18-34(49-24-27-15-26(19-41)20-42-21-27)29(16-32(35)40)22-44-23-30(45)17-33(44)36(46)47/h7-16,18,20-21,30,33,45H,5-6,17,22-25H2,1-4H3,(H,46,47)/t30-,33+,39?/m1/s1. The second-order valence-corrected chi connectivity index (χ2v) is 13.6. The second kappa shape index (κ2) is 15.5. The van der Waals surface area contributed by atoms with E-state index < -0.39 is 28.9 Å². The largest absolute Gasteiger partial charge is 0.490 e. The molecule has 1 aliphatic carbocycles. The van der Waals surface area contributed by atoms with Crippen LogP contribution in [0.2, 0.25) is 5.02 Å². The number of aliphatic carboxylic acids is 1. The number of aliphatic hydroxyl groups is 1. The molecule has 10 nitrogen and oxygen atoms in total. The van der Waals surface area contributed by atoms with Crippen molar-refractivity contribution in [3.63, 3.8) is 0 Å². The summed E-state index contributed by atoms with van der Waals surface area (Å²) in [5.41, 5.74) is 1.85. The quantitative estimate of drug-likeness (QED) is 0.216. The minimum atomic E-state index is -1.11. The lowest BCUT2D eigenvalue weighted by atomic mass is 9.58. The van der Waals surface area contributed by atoms with Crippen molar-refractivity contribution in [2.45, 2.75) is 59.4 Å². The summed E-state index contributed by atoms with van der Waals surface area (Å²) < 4.78 is 12.8. The van der Waals surface area contributed by atoms with Crippen molar-refractivity contribution in [3.05, 3.63) is 106 Å². The molecule has 1 fully saturated rings. The Morgan fingerprint density at radius 1 is 1.10 bits per heavy atom. The summed E-state index contributed by atoms with van der Waals surface area (Å²) in [4.78, 5) is 34.1. The van der Waals surface area contributed by atoms with Gasteiger partial charge >= 0.3 is 5.97 Å². The molecule has 0 spiro atoms. The maximum atomic E-state index is 14.5. The van der Waals surface area contributed by atoms with Crippen LogP contribution in [0.5, 0.6) is 11.5 Å². The fourth-order valence-corrected chi connectivity index (χ4v) is 7.16. The monoisotopic (exact) mass is 698 g/mol. The van der Waals surface area contributed by atoms with Crippen molar-refractivity contribution in [2.24, 2.45) is 10.8 Å². The summed E-state index contributed by atoms with van der Waals surface area (Å²) >= 11 is 6.89. The van der Waals surface area contributed by atoms with Gasteiger partial charge in [0.1, 0.15) is 42.2 Å². The third-order valence-corrected chi connectivity index (χ3v) is 10.2. The predicted molar refractivity (Wildman–Crippen MR) is 190 cm³/mol. The molecule has 3 atom stereocenters. The molecule has 1 unspecified atom stereocenters. The number of halogens is 1. The molecule has 1 saturated heterocycles. The number of carbonyl (C=O) groups excluding carboxylic acids is 1. The van der Waals surface area contributed by atoms with E-state index in [0.29, 0.717) is 35.5 Å². The molecule has 50 heavy (non-hydrogen) atoms. The molecule has 1 aliphatic heterocycles. The predicted octanol–water partition coefficient (Wildman–Crippen LogP) is 6.12. The second-order valence-electron chi connectivity index (χ2n) is 13.2. The number of nitriles is 1. The molecule has 262 valence electrons. The van der Waals surface area contributed by atoms with Crippen molar-refractivity contribution in [3.8, 4) is 17.6 Å². The molecule has 0 saturated carbocycles. The third-order valence-electron chi connectivity index (χ3n) is 9.88. The number of carbonyl (C=O) groups is 2. The van der Waals surface area contributed by atoms with Crippen LogP contribution in [0, 0.1) is 22.2 Å². The number of rotatable bonds is 13. The van der Waals surface area contributed by atoms with Gasteiger partial charge in [-0.2, -0.15) is 5.26 Å². The first kappa shape index (κ1) is 36.6. The number of carboxylic acids is 1. The molecular formula is C39H43ClN4O6. The zero-order valence-corrected chi connectivity index (χ0v) is 29.6. The normalized spacial score (nSPS) is 21.3. The Morgan fingerprint density at radius 3 is 2.52 bits per heavy atom. The van der Waals surface area contributed by atoms with Gasteiger partial charge in [0.25, 0.3) is 0 Å². The number of amides is 1. The minimum Gasteiger partial charge on any atom is -0.490 e. The van der Waals surface area contributed by atoms with Crippen molar-refractivity contribution in [1.82, 2.24) is 14.8 Å². The molecule has 1 aromatic heterocycles. The molecule has 3 aromatic rings. The Kier molecular flexibility index (Phi) is 11.3. The molecule has 2 N–H and O–H groups in total. The van der Waals surface area contributed by atoms with Crippen LogP contribution in [0.1, 0.15) is 56.4 Å². The maximum Gasteiger partial charge on any atom is 0.321 e. The number of benzene rings is 2. The van der Waals surface area contributed by atoms with Gasteiger partial charge in [0.05, 0.1) is 16.7 Å². The highest BCUT2D eigenvalue weighted by Crippen LogP contribution is 2.53. The van der Waals surface area contributed by atoms with Crippen molar-refractivity contribution in [1.29, 1.82) is 5.26 Å². The number of ether oxygens (including phenoxy) is 2. The number of carboxylic acid groups (broad SMARTS) is 1.